The third kappa shape index (κ3) is 3.05. The Kier molecular flexibility index (Phi) is 3.76. The van der Waals surface area contributed by atoms with Gasteiger partial charge in [0.25, 0.3) is 0 Å². The number of hydrogen-bond acceptors (Lipinski definition) is 6. The maximum Gasteiger partial charge on any atom is 0.0965 e. The van der Waals surface area contributed by atoms with E-state index < -0.39 is 0 Å². The highest BCUT2D eigenvalue weighted by Crippen LogP contribution is 2.16. The Morgan fingerprint density at radius 2 is 2.47 bits per heavy atom. The van der Waals surface area contributed by atoms with E-state index in [0.717, 1.165) is 18.8 Å². The smallest absolute Gasteiger partial charge is 0.0965 e. The zero-order chi connectivity index (χ0) is 10.5. The summed E-state index contributed by atoms with van der Waals surface area (Å²) in [6.07, 6.45) is 1.85. The van der Waals surface area contributed by atoms with Crippen LogP contribution in [0.2, 0.25) is 0 Å². The minimum absolute atomic E-state index is 0.455. The summed E-state index contributed by atoms with van der Waals surface area (Å²) in [7, 11) is 0. The minimum atomic E-state index is 0.455. The summed E-state index contributed by atoms with van der Waals surface area (Å²) in [5.74, 6) is 0.455. The van der Waals surface area contributed by atoms with E-state index in [0.29, 0.717) is 5.92 Å². The molecule has 6 heteroatoms. The third-order valence-electron chi connectivity index (χ3n) is 2.03. The van der Waals surface area contributed by atoms with Crippen molar-refractivity contribution in [3.8, 4) is 0 Å². The average molecular weight is 240 g/mol. The van der Waals surface area contributed by atoms with Gasteiger partial charge < -0.3 is 5.32 Å². The molecule has 0 saturated carbocycles. The molecule has 4 nitrogen and oxygen atoms in total. The normalized spacial score (nSPS) is 12.9. The lowest BCUT2D eigenvalue weighted by Gasteiger charge is -2.08. The van der Waals surface area contributed by atoms with E-state index in [1.54, 1.807) is 11.3 Å². The quantitative estimate of drug-likeness (QED) is 0.867. The molecule has 0 aliphatic rings. The molecule has 1 unspecified atom stereocenters. The van der Waals surface area contributed by atoms with Gasteiger partial charge in [-0.2, -0.15) is 0 Å². The Morgan fingerprint density at radius 3 is 3.13 bits per heavy atom. The largest absolute Gasteiger partial charge is 0.310 e. The van der Waals surface area contributed by atoms with Crippen molar-refractivity contribution in [1.82, 2.24) is 19.9 Å². The van der Waals surface area contributed by atoms with E-state index >= 15 is 0 Å². The van der Waals surface area contributed by atoms with Crippen molar-refractivity contribution in [3.63, 3.8) is 0 Å². The van der Waals surface area contributed by atoms with Crippen LogP contribution in [0.4, 0.5) is 0 Å². The van der Waals surface area contributed by atoms with Crippen molar-refractivity contribution >= 4 is 22.9 Å². The van der Waals surface area contributed by atoms with Crippen LogP contribution >= 0.6 is 22.9 Å². The number of nitrogens with zero attached hydrogens (tertiary/aromatic N) is 3. The topological polar surface area (TPSA) is 50.7 Å². The molecule has 0 aromatic carbocycles. The second-order valence-electron chi connectivity index (χ2n) is 3.30. The van der Waals surface area contributed by atoms with Crippen molar-refractivity contribution in [2.45, 2.75) is 19.4 Å². The van der Waals surface area contributed by atoms with Gasteiger partial charge in [0, 0.05) is 36.0 Å². The first-order valence-corrected chi connectivity index (χ1v) is 6.44. The number of thiazole rings is 1. The standard InChI is InChI=1S/C9H12N4S2/c1-7(9-11-2-3-14-9)4-10-5-8-6-15-13-12-8/h2-3,6-7,10H,4-5H2,1H3. The van der Waals surface area contributed by atoms with Crippen LogP contribution in [-0.4, -0.2) is 21.1 Å². The first kappa shape index (κ1) is 10.7. The molecule has 0 spiro atoms. The highest BCUT2D eigenvalue weighted by Gasteiger charge is 2.07. The van der Waals surface area contributed by atoms with Gasteiger partial charge in [0.1, 0.15) is 0 Å². The fourth-order valence-electron chi connectivity index (χ4n) is 1.24. The fraction of sp³-hybridized carbons (Fsp3) is 0.444. The molecule has 1 N–H and O–H groups in total. The van der Waals surface area contributed by atoms with Crippen LogP contribution in [0.15, 0.2) is 17.0 Å². The van der Waals surface area contributed by atoms with Gasteiger partial charge in [-0.05, 0) is 11.5 Å². The molecule has 0 fully saturated rings. The molecule has 2 aromatic heterocycles. The molecule has 0 radical (unpaired) electrons. The molecule has 0 aliphatic carbocycles. The monoisotopic (exact) mass is 240 g/mol. The summed E-state index contributed by atoms with van der Waals surface area (Å²) in [6, 6.07) is 0. The predicted molar refractivity (Wildman–Crippen MR) is 62.1 cm³/mol. The second kappa shape index (κ2) is 5.29. The lowest BCUT2D eigenvalue weighted by atomic mass is 10.2. The first-order valence-electron chi connectivity index (χ1n) is 4.72. The maximum absolute atomic E-state index is 4.28. The lowest BCUT2D eigenvalue weighted by molar-refractivity contribution is 0.605. The van der Waals surface area contributed by atoms with Gasteiger partial charge in [0.2, 0.25) is 0 Å². The van der Waals surface area contributed by atoms with Gasteiger partial charge in [0.15, 0.2) is 0 Å². The molecule has 2 heterocycles. The van der Waals surface area contributed by atoms with Gasteiger partial charge in [-0.3, -0.25) is 0 Å². The van der Waals surface area contributed by atoms with Crippen molar-refractivity contribution in [2.75, 3.05) is 6.54 Å². The second-order valence-corrected chi connectivity index (χ2v) is 4.83. The van der Waals surface area contributed by atoms with Crippen molar-refractivity contribution in [2.24, 2.45) is 0 Å². The zero-order valence-corrected chi connectivity index (χ0v) is 10.0. The van der Waals surface area contributed by atoms with Crippen molar-refractivity contribution < 1.29 is 0 Å². The molecule has 1 atom stereocenters. The van der Waals surface area contributed by atoms with E-state index in [1.807, 2.05) is 17.0 Å². The first-order chi connectivity index (χ1) is 7.36. The Hall–Kier alpha value is -0.850. The summed E-state index contributed by atoms with van der Waals surface area (Å²) in [5, 5.41) is 12.5. The van der Waals surface area contributed by atoms with Crippen LogP contribution in [0.3, 0.4) is 0 Å². The Morgan fingerprint density at radius 1 is 1.53 bits per heavy atom. The molecule has 80 valence electrons. The molecular formula is C9H12N4S2. The Balaban J connectivity index is 1.74. The number of rotatable bonds is 5. The van der Waals surface area contributed by atoms with Crippen molar-refractivity contribution in [3.05, 3.63) is 27.7 Å². The molecule has 0 saturated heterocycles. The SMILES string of the molecule is CC(CNCc1csnn1)c1nccs1. The van der Waals surface area contributed by atoms with Gasteiger partial charge in [-0.15, -0.1) is 16.4 Å². The number of hydrogen-bond donors (Lipinski definition) is 1. The van der Waals surface area contributed by atoms with E-state index in [-0.39, 0.29) is 0 Å². The van der Waals surface area contributed by atoms with E-state index in [4.69, 9.17) is 0 Å². The molecule has 15 heavy (non-hydrogen) atoms. The van der Waals surface area contributed by atoms with Crippen LogP contribution in [0.1, 0.15) is 23.5 Å². The summed E-state index contributed by atoms with van der Waals surface area (Å²) in [6.45, 7) is 3.88. The van der Waals surface area contributed by atoms with Crippen molar-refractivity contribution in [1.29, 1.82) is 0 Å². The molecule has 0 bridgehead atoms. The van der Waals surface area contributed by atoms with Gasteiger partial charge in [-0.1, -0.05) is 11.4 Å². The summed E-state index contributed by atoms with van der Waals surface area (Å²) in [4.78, 5) is 4.28. The summed E-state index contributed by atoms with van der Waals surface area (Å²) < 4.78 is 3.81. The van der Waals surface area contributed by atoms with E-state index in [2.05, 4.69) is 26.8 Å². The molecule has 0 aliphatic heterocycles. The van der Waals surface area contributed by atoms with Crippen LogP contribution < -0.4 is 5.32 Å². The van der Waals surface area contributed by atoms with E-state index in [1.165, 1.54) is 16.5 Å². The lowest BCUT2D eigenvalue weighted by Crippen LogP contribution is -2.19. The highest BCUT2D eigenvalue weighted by molar-refractivity contribution is 7.09. The zero-order valence-electron chi connectivity index (χ0n) is 8.38. The van der Waals surface area contributed by atoms with Gasteiger partial charge in [0.05, 0.1) is 10.7 Å². The van der Waals surface area contributed by atoms with Gasteiger partial charge >= 0.3 is 0 Å². The Bertz CT molecular complexity index is 371. The number of aromatic nitrogens is 3. The van der Waals surface area contributed by atoms with Crippen LogP contribution in [0.25, 0.3) is 0 Å². The summed E-state index contributed by atoms with van der Waals surface area (Å²) in [5.41, 5.74) is 1.01. The molecule has 2 rings (SSSR count). The van der Waals surface area contributed by atoms with E-state index in [9.17, 15) is 0 Å². The maximum atomic E-state index is 4.28. The third-order valence-corrected chi connectivity index (χ3v) is 3.60. The Labute approximate surface area is 96.5 Å². The molecular weight excluding hydrogens is 228 g/mol. The fourth-order valence-corrected chi connectivity index (χ4v) is 2.39. The molecule has 0 amide bonds. The van der Waals surface area contributed by atoms with Crippen LogP contribution in [0, 0.1) is 0 Å². The number of nitrogens with one attached hydrogen (secondary N) is 1. The van der Waals surface area contributed by atoms with Gasteiger partial charge in [-0.25, -0.2) is 4.98 Å². The van der Waals surface area contributed by atoms with Crippen LogP contribution in [-0.2, 0) is 6.54 Å². The minimum Gasteiger partial charge on any atom is -0.310 e. The van der Waals surface area contributed by atoms with Crippen LogP contribution in [0.5, 0.6) is 0 Å². The average Bonchev–Trinajstić information content (AvgIpc) is 2.90. The highest BCUT2D eigenvalue weighted by atomic mass is 32.1. The summed E-state index contributed by atoms with van der Waals surface area (Å²) >= 11 is 3.09. The predicted octanol–water partition coefficient (Wildman–Crippen LogP) is 1.89. The molecule has 2 aromatic rings.